The smallest absolute Gasteiger partial charge is 0.412 e. The Morgan fingerprint density at radius 2 is 1.06 bits per heavy atom. The largest absolute Gasteiger partial charge is 0.447 e. The second-order valence-corrected chi connectivity index (χ2v) is 18.9. The first-order valence-electron chi connectivity index (χ1n) is 23.9. The van der Waals surface area contributed by atoms with Crippen LogP contribution in [0.5, 0.6) is 0 Å². The maximum Gasteiger partial charge on any atom is 0.412 e. The second-order valence-electron chi connectivity index (χ2n) is 18.2. The molecule has 6 rings (SSSR count). The number of aliphatic hydroxyl groups is 1. The summed E-state index contributed by atoms with van der Waals surface area (Å²) < 4.78 is 70.7. The number of aromatic nitrogens is 2. The molecule has 0 radical (unpaired) electrons. The van der Waals surface area contributed by atoms with Gasteiger partial charge in [-0.15, -0.1) is 0 Å². The molecule has 27 heteroatoms. The minimum absolute atomic E-state index is 0.0388. The lowest BCUT2D eigenvalue weighted by Gasteiger charge is -2.31. The van der Waals surface area contributed by atoms with Crippen LogP contribution in [0.4, 0.5) is 43.6 Å². The number of fused-ring (bicyclic) bond motifs is 2. The molecule has 422 valence electrons. The first kappa shape index (κ1) is 61.9. The molecular formula is C52H57Cl2F4N11O10. The summed E-state index contributed by atoms with van der Waals surface area (Å²) in [5.41, 5.74) is 11.2. The van der Waals surface area contributed by atoms with Crippen molar-refractivity contribution in [2.24, 2.45) is 5.73 Å². The van der Waals surface area contributed by atoms with Gasteiger partial charge in [0, 0.05) is 63.2 Å². The molecule has 0 spiro atoms. The van der Waals surface area contributed by atoms with Gasteiger partial charge < -0.3 is 35.7 Å². The number of halogens is 6. The predicted octanol–water partition coefficient (Wildman–Crippen LogP) is 7.23. The van der Waals surface area contributed by atoms with E-state index < -0.39 is 96.2 Å². The fraction of sp³-hybridized carbons (Fsp3) is 0.308. The Hall–Kier alpha value is -7.94. The number of anilines is 2. The summed E-state index contributed by atoms with van der Waals surface area (Å²) in [6.45, 7) is 5.69. The Morgan fingerprint density at radius 1 is 0.633 bits per heavy atom. The lowest BCUT2D eigenvalue weighted by molar-refractivity contribution is -0.137. The first-order chi connectivity index (χ1) is 37.4. The molecule has 0 aliphatic heterocycles. The van der Waals surface area contributed by atoms with Crippen LogP contribution >= 0.6 is 23.2 Å². The Labute approximate surface area is 460 Å². The highest BCUT2D eigenvalue weighted by Crippen LogP contribution is 2.23. The number of benzene rings is 4. The molecule has 0 aliphatic rings. The minimum Gasteiger partial charge on any atom is -0.447 e. The third kappa shape index (κ3) is 19.5. The number of nitrogens with one attached hydrogen (secondary N) is 6. The van der Waals surface area contributed by atoms with Crippen LogP contribution in [0.25, 0.3) is 21.5 Å². The molecule has 0 aliphatic carbocycles. The fourth-order valence-electron chi connectivity index (χ4n) is 7.09. The standard InChI is InChI=1S/C27H30ClF2N5O5.C25H27ClF2N6O5/c1-16(36)35(33-13-18-6-5-7-22(30)24(18)28)21(14-32-25(37)40-27(2,3)4)15-39-26(38)34-23-11-19-10-20(29)9-8-17(19)12-31-23;1-14(36)34(32-10-16-3-2-4-20(28)23(16)26)19(11-31-24(37)21(29)12-35)13-39-25(38)33-22-8-17-7-18(27)6-5-15(17)9-30-22/h5-12,21,33H,13-15H2,1-4H3,(H,32,37)(H,31,34,38);2-9,19,21,32,35H,10-13,29H2,1H3,(H,31,37)(H,30,33,38)/t21-;19-,21+/m00/s1. The highest BCUT2D eigenvalue weighted by Gasteiger charge is 2.28. The van der Waals surface area contributed by atoms with Crippen LogP contribution in [-0.2, 0) is 41.7 Å². The van der Waals surface area contributed by atoms with Gasteiger partial charge in [-0.1, -0.05) is 47.5 Å². The summed E-state index contributed by atoms with van der Waals surface area (Å²) in [4.78, 5) is 82.6. The number of rotatable bonds is 20. The maximum absolute atomic E-state index is 13.9. The van der Waals surface area contributed by atoms with Crippen LogP contribution in [0.2, 0.25) is 10.0 Å². The SMILES string of the molecule is CC(=O)N(NCc1cccc(F)c1Cl)[C@@H](CNC(=O)OC(C)(C)C)COC(=O)Nc1cc2cc(F)ccc2cn1.CC(=O)N(NCc1cccc(F)c1Cl)[C@@H](CNC(=O)[C@H](N)CO)COC(=O)Nc1cc2cc(F)ccc2cn1. The van der Waals surface area contributed by atoms with E-state index in [1.54, 1.807) is 45.0 Å². The number of nitrogens with zero attached hydrogens (tertiary/aromatic N) is 4. The zero-order valence-electron chi connectivity index (χ0n) is 43.2. The number of carbonyl (C=O) groups is 6. The number of aliphatic hydroxyl groups excluding tert-OH is 1. The van der Waals surface area contributed by atoms with E-state index in [0.717, 1.165) is 10.0 Å². The molecule has 79 heavy (non-hydrogen) atoms. The molecule has 6 amide bonds. The van der Waals surface area contributed by atoms with Crippen molar-refractivity contribution in [1.29, 1.82) is 0 Å². The van der Waals surface area contributed by atoms with Crippen LogP contribution in [0.3, 0.4) is 0 Å². The number of hydrogen-bond donors (Lipinski definition) is 8. The molecule has 0 unspecified atom stereocenters. The van der Waals surface area contributed by atoms with E-state index in [2.05, 4.69) is 42.1 Å². The topological polar surface area (TPSA) is 281 Å². The lowest BCUT2D eigenvalue weighted by Crippen LogP contribution is -2.56. The van der Waals surface area contributed by atoms with Crippen molar-refractivity contribution in [3.05, 3.63) is 142 Å². The maximum atomic E-state index is 13.9. The molecule has 2 heterocycles. The number of amides is 6. The van der Waals surface area contributed by atoms with Crippen molar-refractivity contribution in [3.8, 4) is 0 Å². The van der Waals surface area contributed by atoms with Crippen molar-refractivity contribution in [2.75, 3.05) is 43.5 Å². The number of alkyl carbamates (subject to hydrolysis) is 1. The van der Waals surface area contributed by atoms with E-state index in [0.29, 0.717) is 32.7 Å². The molecule has 2 aromatic heterocycles. The number of hydrazine groups is 2. The summed E-state index contributed by atoms with van der Waals surface area (Å²) in [5, 5.41) is 23.4. The van der Waals surface area contributed by atoms with Gasteiger partial charge in [0.05, 0.1) is 28.7 Å². The number of carbonyl (C=O) groups excluding carboxylic acids is 6. The van der Waals surface area contributed by atoms with E-state index in [9.17, 15) is 46.3 Å². The van der Waals surface area contributed by atoms with Gasteiger partial charge in [0.2, 0.25) is 17.7 Å². The molecule has 0 bridgehead atoms. The number of pyridine rings is 2. The molecule has 6 aromatic rings. The van der Waals surface area contributed by atoms with Crippen LogP contribution < -0.4 is 37.9 Å². The summed E-state index contributed by atoms with van der Waals surface area (Å²) in [5.74, 6) is -3.64. The first-order valence-corrected chi connectivity index (χ1v) is 24.7. The van der Waals surface area contributed by atoms with Gasteiger partial charge in [-0.2, -0.15) is 0 Å². The summed E-state index contributed by atoms with van der Waals surface area (Å²) in [6, 6.07) is 16.6. The zero-order chi connectivity index (χ0) is 58.0. The van der Waals surface area contributed by atoms with Gasteiger partial charge in [0.15, 0.2) is 0 Å². The summed E-state index contributed by atoms with van der Waals surface area (Å²) in [6.07, 6.45) is 0.343. The van der Waals surface area contributed by atoms with Crippen LogP contribution in [0.15, 0.2) is 97.3 Å². The fourth-order valence-corrected chi connectivity index (χ4v) is 7.47. The highest BCUT2D eigenvalue weighted by atomic mass is 35.5. The summed E-state index contributed by atoms with van der Waals surface area (Å²) >= 11 is 12.0. The monoisotopic (exact) mass is 1140 g/mol. The molecule has 21 nitrogen and oxygen atoms in total. The second kappa shape index (κ2) is 29.2. The van der Waals surface area contributed by atoms with Crippen LogP contribution in [-0.4, -0.2) is 118 Å². The minimum atomic E-state index is -1.21. The van der Waals surface area contributed by atoms with Crippen molar-refractivity contribution in [1.82, 2.24) is 41.5 Å². The quantitative estimate of drug-likeness (QED) is 0.0213. The van der Waals surface area contributed by atoms with Crippen LogP contribution in [0.1, 0.15) is 45.7 Å². The van der Waals surface area contributed by atoms with E-state index in [1.807, 2.05) is 0 Å². The molecule has 3 atom stereocenters. The highest BCUT2D eigenvalue weighted by molar-refractivity contribution is 6.31. The van der Waals surface area contributed by atoms with E-state index in [-0.39, 0.29) is 54.5 Å². The van der Waals surface area contributed by atoms with Gasteiger partial charge in [0.1, 0.15) is 59.8 Å². The number of hydrogen-bond acceptors (Lipinski definition) is 15. The number of nitrogens with two attached hydrogens (primary N) is 1. The molecule has 9 N–H and O–H groups in total. The van der Waals surface area contributed by atoms with Crippen molar-refractivity contribution in [3.63, 3.8) is 0 Å². The Kier molecular flexibility index (Phi) is 22.8. The van der Waals surface area contributed by atoms with Gasteiger partial charge >= 0.3 is 18.3 Å². The van der Waals surface area contributed by atoms with Crippen molar-refractivity contribution >= 4 is 92.4 Å². The third-order valence-electron chi connectivity index (χ3n) is 10.9. The van der Waals surface area contributed by atoms with Crippen molar-refractivity contribution in [2.45, 2.75) is 71.4 Å². The Balaban J connectivity index is 0.000000291. The van der Waals surface area contributed by atoms with Gasteiger partial charge in [-0.25, -0.2) is 52.8 Å². The molecular weight excluding hydrogens is 1090 g/mol. The molecule has 0 saturated carbocycles. The molecule has 0 saturated heterocycles. The Bertz CT molecular complexity index is 3140. The third-order valence-corrected chi connectivity index (χ3v) is 11.8. The van der Waals surface area contributed by atoms with E-state index in [4.69, 9.17) is 48.3 Å². The van der Waals surface area contributed by atoms with Gasteiger partial charge in [-0.05, 0) is 103 Å². The predicted molar refractivity (Wildman–Crippen MR) is 285 cm³/mol. The molecule has 4 aromatic carbocycles. The van der Waals surface area contributed by atoms with Crippen molar-refractivity contribution < 1.29 is 65.6 Å². The average molecular weight is 1140 g/mol. The normalized spacial score (nSPS) is 12.2. The van der Waals surface area contributed by atoms with E-state index in [1.165, 1.54) is 86.9 Å². The Morgan fingerprint density at radius 3 is 1.47 bits per heavy atom. The number of ether oxygens (including phenoxy) is 3. The zero-order valence-corrected chi connectivity index (χ0v) is 44.7. The lowest BCUT2D eigenvalue weighted by atomic mass is 10.2. The summed E-state index contributed by atoms with van der Waals surface area (Å²) in [7, 11) is 0. The van der Waals surface area contributed by atoms with Gasteiger partial charge in [-0.3, -0.25) is 35.0 Å². The van der Waals surface area contributed by atoms with E-state index >= 15 is 0 Å². The van der Waals surface area contributed by atoms with Gasteiger partial charge in [0.25, 0.3) is 0 Å². The van der Waals surface area contributed by atoms with Crippen LogP contribution in [0, 0.1) is 23.3 Å². The average Bonchev–Trinajstić information content (AvgIpc) is 3.39. The molecule has 0 fully saturated rings.